The van der Waals surface area contributed by atoms with Crippen LogP contribution < -0.4 is 14.9 Å². The lowest BCUT2D eigenvalue weighted by atomic mass is 10.0. The minimum Gasteiger partial charge on any atom is -0.493 e. The fourth-order valence-electron chi connectivity index (χ4n) is 4.52. The normalized spacial score (nSPS) is 15.7. The Morgan fingerprint density at radius 3 is 2.52 bits per heavy atom. The van der Waals surface area contributed by atoms with E-state index in [2.05, 4.69) is 27.6 Å². The van der Waals surface area contributed by atoms with Crippen molar-refractivity contribution in [2.45, 2.75) is 32.4 Å². The molecular formula is C26H28N4O3. The van der Waals surface area contributed by atoms with Crippen molar-refractivity contribution >= 4 is 11.8 Å². The lowest BCUT2D eigenvalue weighted by molar-refractivity contribution is 0.145. The molecule has 2 aliphatic heterocycles. The topological polar surface area (TPSA) is 66.9 Å². The number of aryl methyl sites for hydroxylation is 1. The number of hydrazine groups is 1. The fraction of sp³-hybridized carbons (Fsp3) is 0.308. The van der Waals surface area contributed by atoms with Gasteiger partial charge in [0, 0.05) is 38.6 Å². The molecule has 1 amide bonds. The third kappa shape index (κ3) is 4.78. The summed E-state index contributed by atoms with van der Waals surface area (Å²) < 4.78 is 11.5. The first-order chi connectivity index (χ1) is 16.2. The Morgan fingerprint density at radius 1 is 0.909 bits per heavy atom. The Kier molecular flexibility index (Phi) is 6.13. The molecule has 2 aromatic carbocycles. The predicted octanol–water partition coefficient (Wildman–Crippen LogP) is 4.42. The highest BCUT2D eigenvalue weighted by Gasteiger charge is 2.24. The average Bonchev–Trinajstić information content (AvgIpc) is 3.04. The van der Waals surface area contributed by atoms with Crippen molar-refractivity contribution in [3.05, 3.63) is 83.2 Å². The van der Waals surface area contributed by atoms with Crippen molar-refractivity contribution in [3.63, 3.8) is 0 Å². The quantitative estimate of drug-likeness (QED) is 0.643. The number of aromatic nitrogens is 1. The van der Waals surface area contributed by atoms with Gasteiger partial charge in [-0.1, -0.05) is 24.3 Å². The van der Waals surface area contributed by atoms with Gasteiger partial charge in [-0.15, -0.1) is 0 Å². The van der Waals surface area contributed by atoms with Gasteiger partial charge in [0.05, 0.1) is 12.8 Å². The number of rotatable bonds is 4. The highest BCUT2D eigenvalue weighted by atomic mass is 16.6. The molecule has 0 aliphatic carbocycles. The molecule has 1 N–H and O–H groups in total. The first-order valence-corrected chi connectivity index (χ1v) is 11.3. The van der Waals surface area contributed by atoms with Gasteiger partial charge in [-0.25, -0.2) is 9.80 Å². The lowest BCUT2D eigenvalue weighted by Crippen LogP contribution is -2.37. The number of pyridine rings is 1. The van der Waals surface area contributed by atoms with Gasteiger partial charge in [-0.3, -0.25) is 4.98 Å². The highest BCUT2D eigenvalue weighted by molar-refractivity contribution is 5.72. The van der Waals surface area contributed by atoms with Crippen molar-refractivity contribution in [2.24, 2.45) is 0 Å². The molecule has 0 spiro atoms. The second-order valence-corrected chi connectivity index (χ2v) is 8.45. The van der Waals surface area contributed by atoms with Gasteiger partial charge >= 0.3 is 6.09 Å². The molecule has 0 bridgehead atoms. The third-order valence-electron chi connectivity index (χ3n) is 6.27. The van der Waals surface area contributed by atoms with E-state index in [0.29, 0.717) is 31.1 Å². The summed E-state index contributed by atoms with van der Waals surface area (Å²) in [7, 11) is 1.62. The van der Waals surface area contributed by atoms with Crippen molar-refractivity contribution < 1.29 is 14.3 Å². The summed E-state index contributed by atoms with van der Waals surface area (Å²) in [5, 5.41) is 2.18. The molecule has 7 heteroatoms. The van der Waals surface area contributed by atoms with E-state index in [1.807, 2.05) is 36.4 Å². The second-order valence-electron chi connectivity index (χ2n) is 8.45. The Bertz CT molecular complexity index is 1140. The Hall–Kier alpha value is -3.58. The summed E-state index contributed by atoms with van der Waals surface area (Å²) >= 11 is 0. The van der Waals surface area contributed by atoms with Crippen LogP contribution in [-0.2, 0) is 25.9 Å². The highest BCUT2D eigenvalue weighted by Crippen LogP contribution is 2.34. The Morgan fingerprint density at radius 2 is 1.70 bits per heavy atom. The number of anilines is 1. The third-order valence-corrected chi connectivity index (χ3v) is 6.27. The van der Waals surface area contributed by atoms with Crippen molar-refractivity contribution in [1.82, 2.24) is 14.9 Å². The van der Waals surface area contributed by atoms with E-state index in [-0.39, 0.29) is 6.09 Å². The van der Waals surface area contributed by atoms with E-state index < -0.39 is 0 Å². The number of carbonyl (C=O) groups is 1. The minimum atomic E-state index is -0.344. The van der Waals surface area contributed by atoms with Crippen LogP contribution >= 0.6 is 0 Å². The zero-order valence-corrected chi connectivity index (χ0v) is 18.8. The summed E-state index contributed by atoms with van der Waals surface area (Å²) in [4.78, 5) is 18.8. The van der Waals surface area contributed by atoms with Crippen molar-refractivity contribution in [2.75, 3.05) is 25.6 Å². The van der Waals surface area contributed by atoms with Crippen LogP contribution in [0.3, 0.4) is 0 Å². The molecule has 0 atom stereocenters. The van der Waals surface area contributed by atoms with E-state index in [4.69, 9.17) is 9.47 Å². The summed E-state index contributed by atoms with van der Waals surface area (Å²) in [6.45, 7) is 2.81. The molecule has 0 saturated heterocycles. The molecule has 0 radical (unpaired) electrons. The van der Waals surface area contributed by atoms with E-state index in [9.17, 15) is 4.79 Å². The van der Waals surface area contributed by atoms with Crippen LogP contribution in [0.4, 0.5) is 10.5 Å². The number of fused-ring (bicyclic) bond motifs is 2. The molecule has 3 heterocycles. The first kappa shape index (κ1) is 21.3. The monoisotopic (exact) mass is 444 g/mol. The van der Waals surface area contributed by atoms with Crippen LogP contribution in [0.1, 0.15) is 28.7 Å². The van der Waals surface area contributed by atoms with Crippen LogP contribution in [0.2, 0.25) is 0 Å². The van der Waals surface area contributed by atoms with Gasteiger partial charge in [0.25, 0.3) is 0 Å². The van der Waals surface area contributed by atoms with Crippen molar-refractivity contribution in [3.8, 4) is 11.5 Å². The number of hydrogen-bond donors (Lipinski definition) is 1. The maximum atomic E-state index is 13.0. The molecule has 0 unspecified atom stereocenters. The maximum absolute atomic E-state index is 13.0. The summed E-state index contributed by atoms with van der Waals surface area (Å²) in [6, 6.07) is 16.1. The summed E-state index contributed by atoms with van der Waals surface area (Å²) in [5.41, 5.74) is 9.27. The zero-order chi connectivity index (χ0) is 22.6. The first-order valence-electron chi connectivity index (χ1n) is 11.3. The van der Waals surface area contributed by atoms with Crippen LogP contribution in [-0.4, -0.2) is 41.2 Å². The van der Waals surface area contributed by atoms with Crippen LogP contribution in [0.25, 0.3) is 0 Å². The van der Waals surface area contributed by atoms with Gasteiger partial charge in [0.15, 0.2) is 11.5 Å². The predicted molar refractivity (Wildman–Crippen MR) is 126 cm³/mol. The summed E-state index contributed by atoms with van der Waals surface area (Å²) in [6.07, 6.45) is 5.99. The van der Waals surface area contributed by atoms with Crippen LogP contribution in [0, 0.1) is 0 Å². The molecule has 0 saturated carbocycles. The molecular weight excluding hydrogens is 416 g/mol. The second kappa shape index (κ2) is 9.50. The molecule has 7 nitrogen and oxygen atoms in total. The molecule has 2 aliphatic rings. The minimum absolute atomic E-state index is 0.344. The van der Waals surface area contributed by atoms with Crippen molar-refractivity contribution in [1.29, 1.82) is 0 Å². The van der Waals surface area contributed by atoms with Gasteiger partial charge in [0.1, 0.15) is 0 Å². The summed E-state index contributed by atoms with van der Waals surface area (Å²) in [5.74, 6) is 1.06. The lowest BCUT2D eigenvalue weighted by Gasteiger charge is -2.28. The molecule has 170 valence electrons. The fourth-order valence-corrected chi connectivity index (χ4v) is 4.52. The SMILES string of the molecule is COc1cc2c(cc1OC(=O)N1CCc3ccccc3C1)CN(Nc1ccncc1)CCC2. The number of nitrogens with one attached hydrogen (secondary N) is 1. The zero-order valence-electron chi connectivity index (χ0n) is 18.8. The molecule has 1 aromatic heterocycles. The van der Waals surface area contributed by atoms with Gasteiger partial charge in [0.2, 0.25) is 0 Å². The maximum Gasteiger partial charge on any atom is 0.415 e. The van der Waals surface area contributed by atoms with Gasteiger partial charge < -0.3 is 19.8 Å². The molecule has 0 fully saturated rings. The molecule has 3 aromatic rings. The number of ether oxygens (including phenoxy) is 2. The molecule has 33 heavy (non-hydrogen) atoms. The van der Waals surface area contributed by atoms with E-state index in [1.54, 1.807) is 24.4 Å². The van der Waals surface area contributed by atoms with E-state index >= 15 is 0 Å². The Balaban J connectivity index is 1.33. The Labute approximate surface area is 193 Å². The number of benzene rings is 2. The van der Waals surface area contributed by atoms with Gasteiger partial charge in [-0.2, -0.15) is 0 Å². The van der Waals surface area contributed by atoms with Gasteiger partial charge in [-0.05, 0) is 65.8 Å². The van der Waals surface area contributed by atoms with E-state index in [1.165, 1.54) is 16.7 Å². The number of nitrogens with zero attached hydrogens (tertiary/aromatic N) is 3. The average molecular weight is 445 g/mol. The largest absolute Gasteiger partial charge is 0.493 e. The molecule has 5 rings (SSSR count). The van der Waals surface area contributed by atoms with E-state index in [0.717, 1.165) is 37.1 Å². The number of methoxy groups -OCH3 is 1. The standard InChI is InChI=1S/C26H28N4O3/c1-32-24-15-20-7-4-13-30(28-23-8-11-27-12-9-23)18-22(20)16-25(24)33-26(31)29-14-10-19-5-2-3-6-21(19)17-29/h2-3,5-6,8-9,11-12,15-16H,4,7,10,13-14,17-18H2,1H3,(H,27,28). The smallest absolute Gasteiger partial charge is 0.415 e. The number of amides is 1. The van der Waals surface area contributed by atoms with Crippen LogP contribution in [0.15, 0.2) is 60.9 Å². The number of hydrogen-bond acceptors (Lipinski definition) is 6. The number of carbonyl (C=O) groups excluding carboxylic acids is 1. The van der Waals surface area contributed by atoms with Crippen LogP contribution in [0.5, 0.6) is 11.5 Å².